The molecule has 0 bridgehead atoms. The Morgan fingerprint density at radius 2 is 2.23 bits per heavy atom. The molecule has 4 heteroatoms. The number of hydrogen-bond acceptors (Lipinski definition) is 3. The van der Waals surface area contributed by atoms with E-state index in [1.54, 1.807) is 0 Å². The first-order valence-corrected chi connectivity index (χ1v) is 6.42. The molecule has 1 atom stereocenters. The van der Waals surface area contributed by atoms with E-state index in [2.05, 4.69) is 25.0 Å². The summed E-state index contributed by atoms with van der Waals surface area (Å²) in [5.74, 6) is 1.51. The van der Waals surface area contributed by atoms with Crippen LogP contribution in [-0.2, 0) is 0 Å². The van der Waals surface area contributed by atoms with Crippen molar-refractivity contribution in [3.63, 3.8) is 0 Å². The van der Waals surface area contributed by atoms with Gasteiger partial charge in [-0.05, 0) is 12.8 Å². The highest BCUT2D eigenvalue weighted by Gasteiger charge is 2.09. The van der Waals surface area contributed by atoms with Gasteiger partial charge in [-0.15, -0.1) is 0 Å². The Hall–Kier alpha value is 0.200. The second kappa shape index (κ2) is 7.59. The van der Waals surface area contributed by atoms with Gasteiger partial charge in [0.15, 0.2) is 0 Å². The quantitative estimate of drug-likeness (QED) is 0.660. The van der Waals surface area contributed by atoms with Crippen LogP contribution in [0.1, 0.15) is 13.8 Å². The average molecular weight is 220 g/mol. The minimum Gasteiger partial charge on any atom is -0.393 e. The standard InChI is InChI=1S/C9H20N2S2/c1-4-11(5-6-13-3)7-8(2)9(10)12/h8H,4-7H2,1-3H3,(H2,10,12). The van der Waals surface area contributed by atoms with E-state index in [-0.39, 0.29) is 0 Å². The molecule has 0 aromatic heterocycles. The molecule has 0 radical (unpaired) electrons. The first-order chi connectivity index (χ1) is 6.11. The van der Waals surface area contributed by atoms with Gasteiger partial charge in [-0.2, -0.15) is 11.8 Å². The van der Waals surface area contributed by atoms with Crippen molar-refractivity contribution in [3.05, 3.63) is 0 Å². The molecule has 0 aliphatic heterocycles. The normalized spacial score (nSPS) is 13.2. The molecule has 13 heavy (non-hydrogen) atoms. The molecule has 78 valence electrons. The van der Waals surface area contributed by atoms with Gasteiger partial charge in [-0.1, -0.05) is 26.1 Å². The van der Waals surface area contributed by atoms with Crippen molar-refractivity contribution in [2.45, 2.75) is 13.8 Å². The SMILES string of the molecule is CCN(CCSC)CC(C)C(N)=S. The lowest BCUT2D eigenvalue weighted by Crippen LogP contribution is -2.35. The number of nitrogens with zero attached hydrogens (tertiary/aromatic N) is 1. The van der Waals surface area contributed by atoms with Gasteiger partial charge in [0.25, 0.3) is 0 Å². The molecule has 0 saturated heterocycles. The summed E-state index contributed by atoms with van der Waals surface area (Å²) in [6.07, 6.45) is 2.13. The molecule has 0 spiro atoms. The molecule has 0 heterocycles. The second-order valence-corrected chi connectivity index (χ2v) is 4.65. The lowest BCUT2D eigenvalue weighted by Gasteiger charge is -2.23. The van der Waals surface area contributed by atoms with Crippen molar-refractivity contribution in [1.82, 2.24) is 4.90 Å². The number of nitrogens with two attached hydrogens (primary N) is 1. The van der Waals surface area contributed by atoms with Crippen LogP contribution in [0.4, 0.5) is 0 Å². The highest BCUT2D eigenvalue weighted by atomic mass is 32.2. The van der Waals surface area contributed by atoms with Crippen LogP contribution in [0.25, 0.3) is 0 Å². The smallest absolute Gasteiger partial charge is 0.0768 e. The van der Waals surface area contributed by atoms with Crippen LogP contribution in [0.2, 0.25) is 0 Å². The first kappa shape index (κ1) is 13.2. The summed E-state index contributed by atoms with van der Waals surface area (Å²) < 4.78 is 0. The number of rotatable bonds is 7. The Balaban J connectivity index is 3.75. The summed E-state index contributed by atoms with van der Waals surface area (Å²) in [6.45, 7) is 7.46. The van der Waals surface area contributed by atoms with E-state index >= 15 is 0 Å². The maximum Gasteiger partial charge on any atom is 0.0768 e. The van der Waals surface area contributed by atoms with E-state index in [1.165, 1.54) is 5.75 Å². The molecule has 0 amide bonds. The van der Waals surface area contributed by atoms with Crippen LogP contribution >= 0.6 is 24.0 Å². The van der Waals surface area contributed by atoms with Gasteiger partial charge in [-0.3, -0.25) is 0 Å². The van der Waals surface area contributed by atoms with Crippen LogP contribution < -0.4 is 5.73 Å². The van der Waals surface area contributed by atoms with E-state index in [0.29, 0.717) is 10.9 Å². The Labute approximate surface area is 91.2 Å². The fourth-order valence-electron chi connectivity index (χ4n) is 1.08. The minimum atomic E-state index is 0.330. The minimum absolute atomic E-state index is 0.330. The third kappa shape index (κ3) is 6.29. The Kier molecular flexibility index (Phi) is 7.71. The molecule has 2 nitrogen and oxygen atoms in total. The summed E-state index contributed by atoms with van der Waals surface area (Å²) in [6, 6.07) is 0. The maximum absolute atomic E-state index is 5.57. The molecule has 1 unspecified atom stereocenters. The largest absolute Gasteiger partial charge is 0.393 e. The van der Waals surface area contributed by atoms with Gasteiger partial charge < -0.3 is 10.6 Å². The van der Waals surface area contributed by atoms with E-state index in [1.807, 2.05) is 11.8 Å². The van der Waals surface area contributed by atoms with Gasteiger partial charge >= 0.3 is 0 Å². The van der Waals surface area contributed by atoms with Crippen LogP contribution in [0.5, 0.6) is 0 Å². The molecular weight excluding hydrogens is 200 g/mol. The van der Waals surface area contributed by atoms with Gasteiger partial charge in [0.2, 0.25) is 0 Å². The van der Waals surface area contributed by atoms with Gasteiger partial charge in [-0.25, -0.2) is 0 Å². The Bertz CT molecular complexity index is 151. The summed E-state index contributed by atoms with van der Waals surface area (Å²) >= 11 is 6.82. The van der Waals surface area contributed by atoms with Crippen LogP contribution in [0, 0.1) is 5.92 Å². The molecule has 0 aromatic carbocycles. The van der Waals surface area contributed by atoms with Crippen molar-refractivity contribution in [1.29, 1.82) is 0 Å². The van der Waals surface area contributed by atoms with E-state index in [0.717, 1.165) is 19.6 Å². The number of thiocarbonyl (C=S) groups is 1. The van der Waals surface area contributed by atoms with Crippen LogP contribution in [-0.4, -0.2) is 41.5 Å². The van der Waals surface area contributed by atoms with Gasteiger partial charge in [0, 0.05) is 24.8 Å². The molecule has 2 N–H and O–H groups in total. The van der Waals surface area contributed by atoms with Crippen molar-refractivity contribution >= 4 is 29.0 Å². The Morgan fingerprint density at radius 1 is 1.62 bits per heavy atom. The van der Waals surface area contributed by atoms with Crippen LogP contribution in [0.15, 0.2) is 0 Å². The highest BCUT2D eigenvalue weighted by molar-refractivity contribution is 7.98. The summed E-state index contributed by atoms with van der Waals surface area (Å²) in [5.41, 5.74) is 5.57. The first-order valence-electron chi connectivity index (χ1n) is 4.62. The molecule has 0 aliphatic rings. The molecule has 0 aromatic rings. The summed E-state index contributed by atoms with van der Waals surface area (Å²) in [4.78, 5) is 3.02. The summed E-state index contributed by atoms with van der Waals surface area (Å²) in [5, 5.41) is 0. The maximum atomic E-state index is 5.57. The lowest BCUT2D eigenvalue weighted by molar-refractivity contribution is 0.289. The average Bonchev–Trinajstić information content (AvgIpc) is 2.11. The predicted molar refractivity (Wildman–Crippen MR) is 66.4 cm³/mol. The fraction of sp³-hybridized carbons (Fsp3) is 0.889. The topological polar surface area (TPSA) is 29.3 Å². The number of hydrogen-bond donors (Lipinski definition) is 1. The third-order valence-electron chi connectivity index (χ3n) is 2.08. The van der Waals surface area contributed by atoms with E-state index in [9.17, 15) is 0 Å². The van der Waals surface area contributed by atoms with Crippen molar-refractivity contribution in [2.24, 2.45) is 11.7 Å². The van der Waals surface area contributed by atoms with Gasteiger partial charge in [0.1, 0.15) is 0 Å². The highest BCUT2D eigenvalue weighted by Crippen LogP contribution is 2.02. The van der Waals surface area contributed by atoms with Gasteiger partial charge in [0.05, 0.1) is 4.99 Å². The van der Waals surface area contributed by atoms with E-state index in [4.69, 9.17) is 18.0 Å². The third-order valence-corrected chi connectivity index (χ3v) is 3.07. The molecule has 0 aliphatic carbocycles. The Morgan fingerprint density at radius 3 is 2.62 bits per heavy atom. The van der Waals surface area contributed by atoms with Crippen molar-refractivity contribution in [3.8, 4) is 0 Å². The fourth-order valence-corrected chi connectivity index (χ4v) is 1.59. The molecule has 0 rings (SSSR count). The van der Waals surface area contributed by atoms with Crippen molar-refractivity contribution in [2.75, 3.05) is 31.6 Å². The number of thioether (sulfide) groups is 1. The van der Waals surface area contributed by atoms with Crippen molar-refractivity contribution < 1.29 is 0 Å². The monoisotopic (exact) mass is 220 g/mol. The molecule has 0 fully saturated rings. The summed E-state index contributed by atoms with van der Waals surface area (Å²) in [7, 11) is 0. The molecular formula is C9H20N2S2. The zero-order valence-corrected chi connectivity index (χ0v) is 10.4. The van der Waals surface area contributed by atoms with E-state index < -0.39 is 0 Å². The zero-order chi connectivity index (χ0) is 10.3. The van der Waals surface area contributed by atoms with Crippen LogP contribution in [0.3, 0.4) is 0 Å². The predicted octanol–water partition coefficient (Wildman–Crippen LogP) is 1.59. The zero-order valence-electron chi connectivity index (χ0n) is 8.75. The second-order valence-electron chi connectivity index (χ2n) is 3.19. The lowest BCUT2D eigenvalue weighted by atomic mass is 10.1. The molecule has 0 saturated carbocycles.